The van der Waals surface area contributed by atoms with Crippen LogP contribution in [0.2, 0.25) is 0 Å². The van der Waals surface area contributed by atoms with Gasteiger partial charge in [0.1, 0.15) is 0 Å². The molecule has 0 radical (unpaired) electrons. The predicted molar refractivity (Wildman–Crippen MR) is 70.9 cm³/mol. The summed E-state index contributed by atoms with van der Waals surface area (Å²) in [4.78, 5) is 2.59. The molecule has 0 spiro atoms. The Morgan fingerprint density at radius 1 is 1.21 bits per heavy atom. The highest BCUT2D eigenvalue weighted by Gasteiger charge is 2.58. The van der Waals surface area contributed by atoms with Gasteiger partial charge in [-0.05, 0) is 0 Å². The van der Waals surface area contributed by atoms with Gasteiger partial charge in [-0.3, -0.25) is 4.90 Å². The van der Waals surface area contributed by atoms with Gasteiger partial charge in [0.15, 0.2) is 0 Å². The highest BCUT2D eigenvalue weighted by atomic mass is 16.5. The zero-order valence-corrected chi connectivity index (χ0v) is 11.9. The Kier molecular flexibility index (Phi) is 2.37. The van der Waals surface area contributed by atoms with E-state index in [0.29, 0.717) is 12.1 Å². The van der Waals surface area contributed by atoms with E-state index in [2.05, 4.69) is 46.9 Å². The van der Waals surface area contributed by atoms with Gasteiger partial charge in [0.25, 0.3) is 0 Å². The number of hydrogen-bond donors (Lipinski definition) is 0. The molecule has 5 nitrogen and oxygen atoms in total. The van der Waals surface area contributed by atoms with Gasteiger partial charge in [-0.1, -0.05) is 26.0 Å². The molecular weight excluding hydrogens is 240 g/mol. The molecule has 1 saturated carbocycles. The smallest absolute Gasteiger partial charge is 0.0880 e. The molecule has 4 rings (SSSR count). The summed E-state index contributed by atoms with van der Waals surface area (Å²) in [6.07, 6.45) is 2.15. The van der Waals surface area contributed by atoms with Crippen LogP contribution in [0.1, 0.15) is 32.5 Å². The second kappa shape index (κ2) is 3.79. The first-order valence-corrected chi connectivity index (χ1v) is 7.28. The van der Waals surface area contributed by atoms with Crippen molar-refractivity contribution >= 4 is 0 Å². The molecule has 3 heterocycles. The van der Waals surface area contributed by atoms with Gasteiger partial charge in [0.05, 0.1) is 31.0 Å². The molecule has 1 aromatic heterocycles. The average molecular weight is 262 g/mol. The van der Waals surface area contributed by atoms with Crippen LogP contribution < -0.4 is 0 Å². The van der Waals surface area contributed by atoms with Crippen molar-refractivity contribution in [2.24, 2.45) is 11.8 Å². The van der Waals surface area contributed by atoms with E-state index >= 15 is 0 Å². The minimum atomic E-state index is 0.0948. The fourth-order valence-electron chi connectivity index (χ4n) is 3.42. The monoisotopic (exact) mass is 262 g/mol. The van der Waals surface area contributed by atoms with Crippen LogP contribution in [0.4, 0.5) is 0 Å². The van der Waals surface area contributed by atoms with Crippen molar-refractivity contribution in [3.63, 3.8) is 0 Å². The lowest BCUT2D eigenvalue weighted by Gasteiger charge is -2.35. The molecule has 0 bridgehead atoms. The Bertz CT molecular complexity index is 476. The van der Waals surface area contributed by atoms with Crippen LogP contribution in [-0.2, 0) is 10.2 Å². The lowest BCUT2D eigenvalue weighted by atomic mass is 9.93. The van der Waals surface area contributed by atoms with E-state index in [4.69, 9.17) is 4.74 Å². The fourth-order valence-corrected chi connectivity index (χ4v) is 3.42. The van der Waals surface area contributed by atoms with Crippen molar-refractivity contribution in [2.45, 2.75) is 38.3 Å². The van der Waals surface area contributed by atoms with Crippen molar-refractivity contribution in [3.05, 3.63) is 11.9 Å². The van der Waals surface area contributed by atoms with Crippen molar-refractivity contribution in [2.75, 3.05) is 26.3 Å². The normalized spacial score (nSPS) is 35.2. The van der Waals surface area contributed by atoms with Crippen LogP contribution >= 0.6 is 0 Å². The van der Waals surface area contributed by atoms with Gasteiger partial charge >= 0.3 is 0 Å². The number of rotatable bonds is 2. The lowest BCUT2D eigenvalue weighted by molar-refractivity contribution is -0.0617. The van der Waals surface area contributed by atoms with E-state index in [1.54, 1.807) is 0 Å². The van der Waals surface area contributed by atoms with Gasteiger partial charge in [-0.2, -0.15) is 0 Å². The van der Waals surface area contributed by atoms with Gasteiger partial charge in [0, 0.05) is 36.5 Å². The Morgan fingerprint density at radius 2 is 1.89 bits per heavy atom. The molecule has 3 atom stereocenters. The van der Waals surface area contributed by atoms with E-state index in [1.807, 2.05) is 0 Å². The summed E-state index contributed by atoms with van der Waals surface area (Å²) < 4.78 is 7.40. The molecule has 1 unspecified atom stereocenters. The van der Waals surface area contributed by atoms with Crippen LogP contribution in [0.25, 0.3) is 0 Å². The molecule has 3 aliphatic rings. The first kappa shape index (κ1) is 11.9. The fraction of sp³-hybridized carbons (Fsp3) is 0.857. The maximum absolute atomic E-state index is 5.28. The average Bonchev–Trinajstić information content (AvgIpc) is 2.68. The zero-order valence-electron chi connectivity index (χ0n) is 11.9. The number of likely N-dealkylation sites (tertiary alicyclic amines) is 1. The minimum absolute atomic E-state index is 0.0948. The maximum atomic E-state index is 5.28. The summed E-state index contributed by atoms with van der Waals surface area (Å²) in [5.74, 6) is 1.57. The molecule has 1 aliphatic carbocycles. The number of aromatic nitrogens is 3. The second-order valence-electron chi connectivity index (χ2n) is 7.30. The first-order chi connectivity index (χ1) is 9.04. The molecule has 5 heteroatoms. The van der Waals surface area contributed by atoms with Crippen molar-refractivity contribution < 1.29 is 4.74 Å². The molecule has 19 heavy (non-hydrogen) atoms. The summed E-state index contributed by atoms with van der Waals surface area (Å²) in [6, 6.07) is 1.29. The van der Waals surface area contributed by atoms with E-state index in [1.165, 1.54) is 13.1 Å². The molecule has 0 N–H and O–H groups in total. The summed E-state index contributed by atoms with van der Waals surface area (Å²) in [7, 11) is 0. The van der Waals surface area contributed by atoms with Gasteiger partial charge in [-0.25, -0.2) is 4.68 Å². The molecule has 0 aromatic carbocycles. The number of ether oxygens (including phenoxy) is 1. The standard InChI is InChI=1S/C14H22N4O/c1-14(2,3)12-6-18(16-15-12)13-10-4-17(5-11(10)13)9-7-19-8-9/h6,9-11,13H,4-5,7-8H2,1-3H3/t10-,11+,13?. The molecular formula is C14H22N4O. The number of piperidine rings is 1. The third-order valence-corrected chi connectivity index (χ3v) is 4.90. The van der Waals surface area contributed by atoms with Crippen LogP contribution in [0.15, 0.2) is 6.20 Å². The SMILES string of the molecule is CC(C)(C)c1cn(C2[C@H]3CN(C4COC4)C[C@@H]23)nn1. The van der Waals surface area contributed by atoms with Crippen molar-refractivity contribution in [1.82, 2.24) is 19.9 Å². The van der Waals surface area contributed by atoms with Crippen molar-refractivity contribution in [3.8, 4) is 0 Å². The lowest BCUT2D eigenvalue weighted by Crippen LogP contribution is -2.49. The summed E-state index contributed by atoms with van der Waals surface area (Å²) in [5.41, 5.74) is 1.19. The van der Waals surface area contributed by atoms with E-state index in [-0.39, 0.29) is 5.41 Å². The first-order valence-electron chi connectivity index (χ1n) is 7.28. The topological polar surface area (TPSA) is 43.2 Å². The molecule has 1 aromatic rings. The third-order valence-electron chi connectivity index (χ3n) is 4.90. The highest BCUT2D eigenvalue weighted by Crippen LogP contribution is 2.55. The van der Waals surface area contributed by atoms with E-state index < -0.39 is 0 Å². The molecule has 2 saturated heterocycles. The Labute approximate surface area is 113 Å². The number of nitrogens with zero attached hydrogens (tertiary/aromatic N) is 4. The molecule has 104 valence electrons. The largest absolute Gasteiger partial charge is 0.378 e. The minimum Gasteiger partial charge on any atom is -0.378 e. The van der Waals surface area contributed by atoms with Crippen LogP contribution in [-0.4, -0.2) is 52.2 Å². The highest BCUT2D eigenvalue weighted by molar-refractivity contribution is 5.13. The summed E-state index contributed by atoms with van der Waals surface area (Å²) in [5, 5.41) is 8.69. The second-order valence-corrected chi connectivity index (χ2v) is 7.30. The molecule has 3 fully saturated rings. The maximum Gasteiger partial charge on any atom is 0.0880 e. The Hall–Kier alpha value is -0.940. The van der Waals surface area contributed by atoms with Crippen LogP contribution in [0.3, 0.4) is 0 Å². The van der Waals surface area contributed by atoms with E-state index in [9.17, 15) is 0 Å². The Balaban J connectivity index is 1.42. The van der Waals surface area contributed by atoms with Crippen molar-refractivity contribution in [1.29, 1.82) is 0 Å². The summed E-state index contributed by atoms with van der Waals surface area (Å²) >= 11 is 0. The van der Waals surface area contributed by atoms with E-state index in [0.717, 1.165) is 30.7 Å². The van der Waals surface area contributed by atoms with Gasteiger partial charge < -0.3 is 4.74 Å². The van der Waals surface area contributed by atoms with Gasteiger partial charge in [-0.15, -0.1) is 5.10 Å². The van der Waals surface area contributed by atoms with Crippen LogP contribution in [0, 0.1) is 11.8 Å². The third kappa shape index (κ3) is 1.82. The zero-order chi connectivity index (χ0) is 13.2. The van der Waals surface area contributed by atoms with Crippen LogP contribution in [0.5, 0.6) is 0 Å². The number of hydrogen-bond acceptors (Lipinski definition) is 4. The van der Waals surface area contributed by atoms with Gasteiger partial charge in [0.2, 0.25) is 0 Å². The molecule has 0 amide bonds. The molecule has 2 aliphatic heterocycles. The quantitative estimate of drug-likeness (QED) is 0.800. The summed E-state index contributed by atoms with van der Waals surface area (Å²) in [6.45, 7) is 10.9. The predicted octanol–water partition coefficient (Wildman–Crippen LogP) is 1.08. The Morgan fingerprint density at radius 3 is 2.37 bits per heavy atom. The number of fused-ring (bicyclic) bond motifs is 1.